The Kier molecular flexibility index (Phi) is 7.02. The topological polar surface area (TPSA) is 82.2 Å². The van der Waals surface area contributed by atoms with Crippen LogP contribution in [0, 0.1) is 0 Å². The van der Waals surface area contributed by atoms with E-state index in [1.807, 2.05) is 59.3 Å². The molecule has 0 amide bonds. The van der Waals surface area contributed by atoms with E-state index in [4.69, 9.17) is 4.98 Å². The van der Waals surface area contributed by atoms with Crippen LogP contribution >= 0.6 is 7.14 Å². The lowest BCUT2D eigenvalue weighted by Crippen LogP contribution is -2.19. The molecule has 0 aliphatic heterocycles. The number of imidazole rings is 1. The molecule has 0 radical (unpaired) electrons. The fourth-order valence-corrected chi connectivity index (χ4v) is 6.23. The van der Waals surface area contributed by atoms with Crippen LogP contribution in [-0.4, -0.2) is 44.1 Å². The number of benzene rings is 3. The van der Waals surface area contributed by atoms with Gasteiger partial charge < -0.3 is 19.0 Å². The van der Waals surface area contributed by atoms with E-state index in [1.54, 1.807) is 17.8 Å². The molecular formula is C31H30F3N4O3P. The van der Waals surface area contributed by atoms with Crippen molar-refractivity contribution in [1.29, 1.82) is 0 Å². The molecule has 1 atom stereocenters. The molecule has 11 heteroatoms. The summed E-state index contributed by atoms with van der Waals surface area (Å²) in [6.45, 7) is 3.26. The summed E-state index contributed by atoms with van der Waals surface area (Å²) in [4.78, 5) is 4.92. The van der Waals surface area contributed by atoms with E-state index in [0.717, 1.165) is 35.0 Å². The van der Waals surface area contributed by atoms with Crippen molar-refractivity contribution in [3.05, 3.63) is 84.2 Å². The van der Waals surface area contributed by atoms with Gasteiger partial charge in [-0.2, -0.15) is 5.10 Å². The first-order valence-corrected chi connectivity index (χ1v) is 16.2. The second kappa shape index (κ2) is 10.4. The number of aliphatic hydroxyl groups excluding tert-OH is 1. The standard InChI is InChI=1S/C31H30F3N4O3P/c1-37-29(20-12-13-20)28(35-30(37)23-15-14-21(42(2,3)40)16-27(23)41-31(32,33)34)22-10-7-11-25-24(22)17-38(36-25)18-26(39)19-8-5-4-6-9-19/h4-11,14-17,20,26,39H,12-13,18H2,1-3H3. The summed E-state index contributed by atoms with van der Waals surface area (Å²) in [6, 6.07) is 19.3. The lowest BCUT2D eigenvalue weighted by molar-refractivity contribution is -0.274. The summed E-state index contributed by atoms with van der Waals surface area (Å²) in [5, 5.41) is 16.6. The molecule has 7 nitrogen and oxygen atoms in total. The largest absolute Gasteiger partial charge is 0.573 e. The fourth-order valence-electron chi connectivity index (χ4n) is 5.36. The molecule has 0 bridgehead atoms. The molecule has 2 heterocycles. The second-order valence-corrected chi connectivity index (χ2v) is 14.3. The van der Waals surface area contributed by atoms with Crippen LogP contribution in [0.4, 0.5) is 13.2 Å². The fraction of sp³-hybridized carbons (Fsp3) is 0.290. The highest BCUT2D eigenvalue weighted by atomic mass is 31.2. The number of rotatable bonds is 8. The van der Waals surface area contributed by atoms with Gasteiger partial charge in [-0.25, -0.2) is 4.98 Å². The van der Waals surface area contributed by atoms with Gasteiger partial charge in [-0.05, 0) is 49.9 Å². The van der Waals surface area contributed by atoms with Gasteiger partial charge in [0.25, 0.3) is 0 Å². The third-order valence-electron chi connectivity index (χ3n) is 7.55. The molecule has 1 N–H and O–H groups in total. The summed E-state index contributed by atoms with van der Waals surface area (Å²) in [5.41, 5.74) is 4.06. The highest BCUT2D eigenvalue weighted by Crippen LogP contribution is 2.48. The van der Waals surface area contributed by atoms with Gasteiger partial charge in [0.1, 0.15) is 18.7 Å². The van der Waals surface area contributed by atoms with Gasteiger partial charge in [-0.15, -0.1) is 13.2 Å². The Bertz CT molecular complexity index is 1820. The smallest absolute Gasteiger partial charge is 0.405 e. The highest BCUT2D eigenvalue weighted by molar-refractivity contribution is 7.70. The summed E-state index contributed by atoms with van der Waals surface area (Å²) < 4.78 is 61.1. The normalized spacial score (nSPS) is 14.8. The third kappa shape index (κ3) is 5.61. The van der Waals surface area contributed by atoms with E-state index < -0.39 is 25.4 Å². The van der Waals surface area contributed by atoms with E-state index in [0.29, 0.717) is 17.0 Å². The lowest BCUT2D eigenvalue weighted by Gasteiger charge is -2.16. The van der Waals surface area contributed by atoms with Crippen LogP contribution in [0.1, 0.15) is 36.1 Å². The molecule has 1 fully saturated rings. The number of fused-ring (bicyclic) bond motifs is 1. The van der Waals surface area contributed by atoms with Crippen molar-refractivity contribution in [2.75, 3.05) is 13.3 Å². The zero-order chi connectivity index (χ0) is 29.8. The molecule has 0 saturated heterocycles. The first-order chi connectivity index (χ1) is 19.9. The second-order valence-electron chi connectivity index (χ2n) is 11.1. The first kappa shape index (κ1) is 28.2. The molecule has 1 aliphatic carbocycles. The number of aromatic nitrogens is 4. The minimum absolute atomic E-state index is 0.161. The van der Waals surface area contributed by atoms with E-state index in [1.165, 1.54) is 25.5 Å². The molecule has 1 aliphatic rings. The van der Waals surface area contributed by atoms with Gasteiger partial charge in [0.15, 0.2) is 0 Å². The highest BCUT2D eigenvalue weighted by Gasteiger charge is 2.36. The third-order valence-corrected chi connectivity index (χ3v) is 9.08. The summed E-state index contributed by atoms with van der Waals surface area (Å²) in [7, 11) is -1.05. The van der Waals surface area contributed by atoms with Crippen LogP contribution in [0.3, 0.4) is 0 Å². The number of aliphatic hydroxyl groups is 1. The van der Waals surface area contributed by atoms with E-state index in [2.05, 4.69) is 9.84 Å². The van der Waals surface area contributed by atoms with E-state index in [-0.39, 0.29) is 23.3 Å². The molecule has 0 spiro atoms. The number of hydrogen-bond acceptors (Lipinski definition) is 5. The molecule has 1 saturated carbocycles. The molecule has 5 aromatic rings. The minimum Gasteiger partial charge on any atom is -0.405 e. The van der Waals surface area contributed by atoms with Gasteiger partial charge in [-0.3, -0.25) is 4.68 Å². The predicted octanol–water partition coefficient (Wildman–Crippen LogP) is 6.86. The predicted molar refractivity (Wildman–Crippen MR) is 157 cm³/mol. The number of halogens is 3. The van der Waals surface area contributed by atoms with Gasteiger partial charge in [-0.1, -0.05) is 48.5 Å². The Hall–Kier alpha value is -3.88. The van der Waals surface area contributed by atoms with Gasteiger partial charge >= 0.3 is 6.36 Å². The van der Waals surface area contributed by atoms with Crippen LogP contribution in [-0.2, 0) is 18.2 Å². The van der Waals surface area contributed by atoms with Crippen LogP contribution < -0.4 is 10.0 Å². The maximum Gasteiger partial charge on any atom is 0.573 e. The molecule has 42 heavy (non-hydrogen) atoms. The average Bonchev–Trinajstić information content (AvgIpc) is 3.58. The molecular weight excluding hydrogens is 564 g/mol. The quantitative estimate of drug-likeness (QED) is 0.199. The maximum absolute atomic E-state index is 13.5. The van der Waals surface area contributed by atoms with Crippen LogP contribution in [0.15, 0.2) is 72.9 Å². The lowest BCUT2D eigenvalue weighted by atomic mass is 10.0. The van der Waals surface area contributed by atoms with Crippen molar-refractivity contribution >= 4 is 23.3 Å². The zero-order valence-corrected chi connectivity index (χ0v) is 24.2. The number of ether oxygens (including phenoxy) is 1. The molecule has 1 unspecified atom stereocenters. The Balaban J connectivity index is 1.46. The van der Waals surface area contributed by atoms with Gasteiger partial charge in [0, 0.05) is 41.1 Å². The van der Waals surface area contributed by atoms with Crippen molar-refractivity contribution in [3.63, 3.8) is 0 Å². The van der Waals surface area contributed by atoms with Gasteiger partial charge in [0.05, 0.1) is 29.4 Å². The monoisotopic (exact) mass is 594 g/mol. The molecule has 3 aromatic carbocycles. The molecule has 218 valence electrons. The summed E-state index contributed by atoms with van der Waals surface area (Å²) in [5.74, 6) is 0.102. The molecule has 6 rings (SSSR count). The van der Waals surface area contributed by atoms with Crippen molar-refractivity contribution in [1.82, 2.24) is 19.3 Å². The Labute approximate surface area is 241 Å². The van der Waals surface area contributed by atoms with Crippen LogP contribution in [0.5, 0.6) is 5.75 Å². The summed E-state index contributed by atoms with van der Waals surface area (Å²) in [6.07, 6.45) is -1.91. The Morgan fingerprint density at radius 2 is 1.79 bits per heavy atom. The Morgan fingerprint density at radius 3 is 2.45 bits per heavy atom. The van der Waals surface area contributed by atoms with Crippen molar-refractivity contribution in [3.8, 4) is 28.4 Å². The van der Waals surface area contributed by atoms with Crippen molar-refractivity contribution < 1.29 is 27.6 Å². The SMILES string of the molecule is Cn1c(-c2ccc(P(C)(C)=O)cc2OC(F)(F)F)nc(-c2cccc3nn(CC(O)c4ccccc4)cc23)c1C1CC1. The Morgan fingerprint density at radius 1 is 1.05 bits per heavy atom. The zero-order valence-electron chi connectivity index (χ0n) is 23.3. The van der Waals surface area contributed by atoms with Crippen molar-refractivity contribution in [2.45, 2.75) is 37.8 Å². The number of hydrogen-bond donors (Lipinski definition) is 1. The van der Waals surface area contributed by atoms with E-state index in [9.17, 15) is 22.8 Å². The molecule has 2 aromatic heterocycles. The number of nitrogens with zero attached hydrogens (tertiary/aromatic N) is 4. The number of alkyl halides is 3. The average molecular weight is 595 g/mol. The summed E-state index contributed by atoms with van der Waals surface area (Å²) >= 11 is 0. The minimum atomic E-state index is -4.93. The van der Waals surface area contributed by atoms with Crippen LogP contribution in [0.25, 0.3) is 33.5 Å². The van der Waals surface area contributed by atoms with E-state index >= 15 is 0 Å². The van der Waals surface area contributed by atoms with Gasteiger partial charge in [0.2, 0.25) is 0 Å². The van der Waals surface area contributed by atoms with Crippen molar-refractivity contribution in [2.24, 2.45) is 7.05 Å². The maximum atomic E-state index is 13.5. The first-order valence-electron chi connectivity index (χ1n) is 13.6. The van der Waals surface area contributed by atoms with Crippen LogP contribution in [0.2, 0.25) is 0 Å².